The van der Waals surface area contributed by atoms with Crippen molar-refractivity contribution in [2.24, 2.45) is 5.92 Å². The zero-order valence-electron chi connectivity index (χ0n) is 18.1. The Bertz CT molecular complexity index is 1260. The van der Waals surface area contributed by atoms with Crippen LogP contribution in [0.4, 0.5) is 0 Å². The maximum atomic E-state index is 6.23. The Morgan fingerprint density at radius 3 is 2.25 bits per heavy atom. The third kappa shape index (κ3) is 4.51. The van der Waals surface area contributed by atoms with Gasteiger partial charge in [-0.1, -0.05) is 91.3 Å². The summed E-state index contributed by atoms with van der Waals surface area (Å²) in [5, 5.41) is 0.733. The van der Waals surface area contributed by atoms with Crippen LogP contribution in [0.3, 0.4) is 0 Å². The van der Waals surface area contributed by atoms with Crippen LogP contribution >= 0.6 is 11.6 Å². The van der Waals surface area contributed by atoms with E-state index in [1.54, 1.807) is 0 Å². The van der Waals surface area contributed by atoms with Gasteiger partial charge in [0.1, 0.15) is 0 Å². The second kappa shape index (κ2) is 9.10. The van der Waals surface area contributed by atoms with E-state index in [0.717, 1.165) is 57.3 Å². The van der Waals surface area contributed by atoms with Gasteiger partial charge in [-0.2, -0.15) is 0 Å². The molecule has 0 fully saturated rings. The lowest BCUT2D eigenvalue weighted by Crippen LogP contribution is -2.10. The van der Waals surface area contributed by atoms with Crippen LogP contribution in [0.25, 0.3) is 33.8 Å². The highest BCUT2D eigenvalue weighted by molar-refractivity contribution is 6.30. The monoisotopic (exact) mass is 436 g/mol. The molecule has 3 aromatic carbocycles. The lowest BCUT2D eigenvalue weighted by Gasteiger charge is -2.22. The summed E-state index contributed by atoms with van der Waals surface area (Å²) in [6.07, 6.45) is 6.75. The molecule has 4 aromatic rings. The Balaban J connectivity index is 1.61. The van der Waals surface area contributed by atoms with Crippen LogP contribution in [0.5, 0.6) is 0 Å². The first kappa shape index (κ1) is 20.7. The summed E-state index contributed by atoms with van der Waals surface area (Å²) in [7, 11) is 0. The fourth-order valence-corrected chi connectivity index (χ4v) is 4.60. The molecule has 5 rings (SSSR count). The molecule has 0 aliphatic heterocycles. The Hall–Kier alpha value is -3.23. The van der Waals surface area contributed by atoms with Crippen LogP contribution < -0.4 is 0 Å². The summed E-state index contributed by atoms with van der Waals surface area (Å²) in [6, 6.07) is 28.9. The average Bonchev–Trinajstić information content (AvgIpc) is 2.84. The first-order valence-corrected chi connectivity index (χ1v) is 11.5. The molecule has 2 atom stereocenters. The molecule has 1 aliphatic carbocycles. The molecule has 2 unspecified atom stereocenters. The van der Waals surface area contributed by atoms with Gasteiger partial charge in [-0.3, -0.25) is 0 Å². The number of aromatic nitrogens is 2. The van der Waals surface area contributed by atoms with Gasteiger partial charge in [-0.05, 0) is 54.2 Å². The number of nitrogens with zero attached hydrogens (tertiary/aromatic N) is 2. The van der Waals surface area contributed by atoms with Gasteiger partial charge in [0.15, 0.2) is 5.82 Å². The molecule has 0 radical (unpaired) electrons. The van der Waals surface area contributed by atoms with E-state index in [-0.39, 0.29) is 0 Å². The Kier molecular flexibility index (Phi) is 5.87. The molecule has 3 heteroatoms. The first-order valence-electron chi connectivity index (χ1n) is 11.1. The minimum absolute atomic E-state index is 0.412. The second-order valence-corrected chi connectivity index (χ2v) is 8.97. The minimum atomic E-state index is 0.412. The van der Waals surface area contributed by atoms with Crippen LogP contribution in [0.1, 0.15) is 31.4 Å². The van der Waals surface area contributed by atoms with Gasteiger partial charge in [-0.25, -0.2) is 9.97 Å². The molecule has 0 saturated carbocycles. The fraction of sp³-hybridized carbons (Fsp3) is 0.172. The SMILES string of the molecule is CC1C=CCC(c2cc(-c3ccccc3)nc(-c3cccc(-c4cccc(Cl)c4)c3)n2)C1. The number of rotatable bonds is 4. The fourth-order valence-electron chi connectivity index (χ4n) is 4.41. The zero-order chi connectivity index (χ0) is 21.9. The van der Waals surface area contributed by atoms with Crippen LogP contribution in [-0.4, -0.2) is 9.97 Å². The van der Waals surface area contributed by atoms with Crippen molar-refractivity contribution in [3.63, 3.8) is 0 Å². The summed E-state index contributed by atoms with van der Waals surface area (Å²) in [5.74, 6) is 1.75. The van der Waals surface area contributed by atoms with Crippen LogP contribution in [0.15, 0.2) is 97.1 Å². The Morgan fingerprint density at radius 2 is 1.47 bits per heavy atom. The summed E-state index contributed by atoms with van der Waals surface area (Å²) >= 11 is 6.23. The lowest BCUT2D eigenvalue weighted by molar-refractivity contribution is 0.505. The predicted molar refractivity (Wildman–Crippen MR) is 134 cm³/mol. The molecule has 2 nitrogen and oxygen atoms in total. The zero-order valence-corrected chi connectivity index (χ0v) is 18.8. The van der Waals surface area contributed by atoms with Crippen LogP contribution in [0, 0.1) is 5.92 Å². The minimum Gasteiger partial charge on any atom is -0.233 e. The topological polar surface area (TPSA) is 25.8 Å². The van der Waals surface area contributed by atoms with Gasteiger partial charge in [0.2, 0.25) is 0 Å². The van der Waals surface area contributed by atoms with E-state index in [2.05, 4.69) is 79.7 Å². The number of hydrogen-bond acceptors (Lipinski definition) is 2. The molecule has 1 aromatic heterocycles. The standard InChI is InChI=1S/C29H25ClN2/c1-20-8-5-13-24(16-20)28-19-27(21-9-3-2-4-10-21)31-29(32-28)25-14-6-11-22(17-25)23-12-7-15-26(30)18-23/h2-12,14-15,17-20,24H,13,16H2,1H3. The van der Waals surface area contributed by atoms with E-state index >= 15 is 0 Å². The number of hydrogen-bond donors (Lipinski definition) is 0. The maximum Gasteiger partial charge on any atom is 0.160 e. The van der Waals surface area contributed by atoms with Crippen molar-refractivity contribution in [1.29, 1.82) is 0 Å². The summed E-state index contributed by atoms with van der Waals surface area (Å²) in [6.45, 7) is 2.28. The molecular formula is C29H25ClN2. The largest absolute Gasteiger partial charge is 0.233 e. The third-order valence-electron chi connectivity index (χ3n) is 6.05. The number of benzene rings is 3. The van der Waals surface area contributed by atoms with Gasteiger partial charge in [0.05, 0.1) is 5.69 Å². The molecule has 0 amide bonds. The van der Waals surface area contributed by atoms with E-state index in [4.69, 9.17) is 21.6 Å². The van der Waals surface area contributed by atoms with Crippen molar-refractivity contribution < 1.29 is 0 Å². The van der Waals surface area contributed by atoms with Gasteiger partial charge in [0, 0.05) is 27.8 Å². The predicted octanol–water partition coefficient (Wildman–Crippen LogP) is 8.20. The molecule has 1 heterocycles. The summed E-state index contributed by atoms with van der Waals surface area (Å²) in [4.78, 5) is 10.1. The normalized spacial score (nSPS) is 17.9. The Labute approximate surface area is 194 Å². The molecule has 0 spiro atoms. The molecule has 158 valence electrons. The summed E-state index contributed by atoms with van der Waals surface area (Å²) in [5.41, 5.74) is 6.42. The average molecular weight is 437 g/mol. The van der Waals surface area contributed by atoms with Crippen molar-refractivity contribution >= 4 is 11.6 Å². The highest BCUT2D eigenvalue weighted by Crippen LogP contribution is 2.34. The summed E-state index contributed by atoms with van der Waals surface area (Å²) < 4.78 is 0. The molecule has 0 saturated heterocycles. The highest BCUT2D eigenvalue weighted by Gasteiger charge is 2.20. The Morgan fingerprint density at radius 1 is 0.750 bits per heavy atom. The number of allylic oxidation sites excluding steroid dienone is 2. The lowest BCUT2D eigenvalue weighted by atomic mass is 9.85. The van der Waals surface area contributed by atoms with Crippen molar-refractivity contribution in [2.45, 2.75) is 25.7 Å². The van der Waals surface area contributed by atoms with Gasteiger partial charge in [-0.15, -0.1) is 0 Å². The quantitative estimate of drug-likeness (QED) is 0.301. The van der Waals surface area contributed by atoms with Gasteiger partial charge >= 0.3 is 0 Å². The number of halogens is 1. The third-order valence-corrected chi connectivity index (χ3v) is 6.29. The van der Waals surface area contributed by atoms with Gasteiger partial charge in [0.25, 0.3) is 0 Å². The smallest absolute Gasteiger partial charge is 0.160 e. The molecule has 0 N–H and O–H groups in total. The molecule has 1 aliphatic rings. The van der Waals surface area contributed by atoms with Crippen LogP contribution in [-0.2, 0) is 0 Å². The molecular weight excluding hydrogens is 412 g/mol. The van der Waals surface area contributed by atoms with E-state index in [1.807, 2.05) is 24.3 Å². The van der Waals surface area contributed by atoms with E-state index in [9.17, 15) is 0 Å². The van der Waals surface area contributed by atoms with Gasteiger partial charge < -0.3 is 0 Å². The van der Waals surface area contributed by atoms with Crippen molar-refractivity contribution in [3.05, 3.63) is 108 Å². The molecule has 0 bridgehead atoms. The van der Waals surface area contributed by atoms with E-state index < -0.39 is 0 Å². The van der Waals surface area contributed by atoms with Crippen molar-refractivity contribution in [2.75, 3.05) is 0 Å². The molecule has 32 heavy (non-hydrogen) atoms. The maximum absolute atomic E-state index is 6.23. The van der Waals surface area contributed by atoms with Crippen LogP contribution in [0.2, 0.25) is 5.02 Å². The van der Waals surface area contributed by atoms with Crippen molar-refractivity contribution in [3.8, 4) is 33.8 Å². The first-order chi connectivity index (χ1) is 15.7. The van der Waals surface area contributed by atoms with E-state index in [1.165, 1.54) is 0 Å². The van der Waals surface area contributed by atoms with E-state index in [0.29, 0.717) is 11.8 Å². The second-order valence-electron chi connectivity index (χ2n) is 8.53. The highest BCUT2D eigenvalue weighted by atomic mass is 35.5. The van der Waals surface area contributed by atoms with Crippen molar-refractivity contribution in [1.82, 2.24) is 9.97 Å².